The van der Waals surface area contributed by atoms with Crippen molar-refractivity contribution in [2.24, 2.45) is 11.8 Å². The van der Waals surface area contributed by atoms with Crippen LogP contribution in [0.4, 0.5) is 0 Å². The first-order valence-corrected chi connectivity index (χ1v) is 3.66. The zero-order valence-electron chi connectivity index (χ0n) is 4.30. The molecule has 1 fully saturated rings. The molecule has 2 atom stereocenters. The molecule has 8 heavy (non-hydrogen) atoms. The summed E-state index contributed by atoms with van der Waals surface area (Å²) in [6.07, 6.45) is 0.862. The highest BCUT2D eigenvalue weighted by atomic mass is 79.9. The average Bonchev–Trinajstić information content (AvgIpc) is 2.42. The van der Waals surface area contributed by atoms with E-state index in [1.165, 1.54) is 0 Å². The summed E-state index contributed by atoms with van der Waals surface area (Å²) in [7, 11) is 0. The molecule has 1 aliphatic carbocycles. The van der Waals surface area contributed by atoms with Gasteiger partial charge >= 0.3 is 5.97 Å². The number of rotatable bonds is 2. The molecule has 0 bridgehead atoms. The Balaban J connectivity index is 2.26. The van der Waals surface area contributed by atoms with Crippen LogP contribution in [0.5, 0.6) is 0 Å². The number of carbonyl (C=O) groups is 1. The molecular weight excluding hydrogens is 172 g/mol. The van der Waals surface area contributed by atoms with Crippen molar-refractivity contribution in [3.05, 3.63) is 0 Å². The van der Waals surface area contributed by atoms with Crippen molar-refractivity contribution in [3.63, 3.8) is 0 Å². The molecule has 3 heteroatoms. The molecule has 1 saturated carbocycles. The van der Waals surface area contributed by atoms with E-state index in [2.05, 4.69) is 15.9 Å². The van der Waals surface area contributed by atoms with E-state index in [9.17, 15) is 4.79 Å². The maximum Gasteiger partial charge on any atom is 0.306 e. The number of aliphatic carboxylic acids is 1. The standard InChI is InChI=1S/C5H7BrO2/c6-2-3-1-4(3)5(7)8/h3-4H,1-2H2,(H,7,8). The lowest BCUT2D eigenvalue weighted by Crippen LogP contribution is -1.99. The zero-order chi connectivity index (χ0) is 6.15. The first-order valence-electron chi connectivity index (χ1n) is 2.54. The van der Waals surface area contributed by atoms with Crippen LogP contribution in [-0.2, 0) is 4.79 Å². The van der Waals surface area contributed by atoms with Crippen LogP contribution in [0.1, 0.15) is 6.42 Å². The van der Waals surface area contributed by atoms with E-state index in [1.54, 1.807) is 0 Å². The number of alkyl halides is 1. The Labute approximate surface area is 56.0 Å². The summed E-state index contributed by atoms with van der Waals surface area (Å²) in [5.74, 6) is -0.281. The molecule has 46 valence electrons. The van der Waals surface area contributed by atoms with Gasteiger partial charge in [0.2, 0.25) is 0 Å². The summed E-state index contributed by atoms with van der Waals surface area (Å²) in [4.78, 5) is 10.1. The predicted molar refractivity (Wildman–Crippen MR) is 33.0 cm³/mol. The van der Waals surface area contributed by atoms with E-state index < -0.39 is 5.97 Å². The van der Waals surface area contributed by atoms with Gasteiger partial charge in [-0.2, -0.15) is 0 Å². The van der Waals surface area contributed by atoms with Crippen LogP contribution in [0, 0.1) is 11.8 Å². The SMILES string of the molecule is O=C(O)C1CC1CBr. The Morgan fingerprint density at radius 2 is 2.50 bits per heavy atom. The molecule has 0 amide bonds. The van der Waals surface area contributed by atoms with Crippen LogP contribution >= 0.6 is 15.9 Å². The third-order valence-electron chi connectivity index (χ3n) is 1.44. The fourth-order valence-electron chi connectivity index (χ4n) is 0.721. The lowest BCUT2D eigenvalue weighted by Gasteiger charge is -1.83. The van der Waals surface area contributed by atoms with Gasteiger partial charge in [-0.1, -0.05) is 15.9 Å². The number of carboxylic acids is 1. The highest BCUT2D eigenvalue weighted by Crippen LogP contribution is 2.39. The van der Waals surface area contributed by atoms with Crippen LogP contribution in [-0.4, -0.2) is 16.4 Å². The van der Waals surface area contributed by atoms with Crippen molar-refractivity contribution in [2.45, 2.75) is 6.42 Å². The molecule has 0 aromatic heterocycles. The lowest BCUT2D eigenvalue weighted by atomic mass is 10.3. The van der Waals surface area contributed by atoms with Gasteiger partial charge in [0, 0.05) is 5.33 Å². The summed E-state index contributed by atoms with van der Waals surface area (Å²) < 4.78 is 0. The topological polar surface area (TPSA) is 37.3 Å². The fraction of sp³-hybridized carbons (Fsp3) is 0.800. The number of hydrogen-bond donors (Lipinski definition) is 1. The van der Waals surface area contributed by atoms with Crippen molar-refractivity contribution in [1.82, 2.24) is 0 Å². The molecule has 0 aromatic rings. The second-order valence-corrected chi connectivity index (χ2v) is 2.74. The minimum absolute atomic E-state index is 0.0469. The molecule has 1 rings (SSSR count). The Morgan fingerprint density at radius 3 is 2.62 bits per heavy atom. The smallest absolute Gasteiger partial charge is 0.306 e. The van der Waals surface area contributed by atoms with Crippen molar-refractivity contribution in [3.8, 4) is 0 Å². The van der Waals surface area contributed by atoms with E-state index in [0.29, 0.717) is 5.92 Å². The second kappa shape index (κ2) is 2.05. The fourth-order valence-corrected chi connectivity index (χ4v) is 1.44. The number of hydrogen-bond acceptors (Lipinski definition) is 1. The van der Waals surface area contributed by atoms with Gasteiger partial charge in [-0.05, 0) is 12.3 Å². The van der Waals surface area contributed by atoms with Crippen molar-refractivity contribution < 1.29 is 9.90 Å². The summed E-state index contributed by atoms with van der Waals surface area (Å²) >= 11 is 3.22. The summed E-state index contributed by atoms with van der Waals surface area (Å²) in [6, 6.07) is 0. The van der Waals surface area contributed by atoms with E-state index in [4.69, 9.17) is 5.11 Å². The normalized spacial score (nSPS) is 34.6. The number of carboxylic acid groups (broad SMARTS) is 1. The minimum atomic E-state index is -0.644. The largest absolute Gasteiger partial charge is 0.481 e. The summed E-state index contributed by atoms with van der Waals surface area (Å²) in [5.41, 5.74) is 0. The van der Waals surface area contributed by atoms with E-state index in [0.717, 1.165) is 11.8 Å². The molecule has 0 aromatic carbocycles. The van der Waals surface area contributed by atoms with Gasteiger partial charge in [-0.25, -0.2) is 0 Å². The highest BCUT2D eigenvalue weighted by Gasteiger charge is 2.41. The zero-order valence-corrected chi connectivity index (χ0v) is 5.89. The van der Waals surface area contributed by atoms with Crippen molar-refractivity contribution >= 4 is 21.9 Å². The van der Waals surface area contributed by atoms with Crippen LogP contribution < -0.4 is 0 Å². The first kappa shape index (κ1) is 6.08. The number of halogens is 1. The molecule has 0 saturated heterocycles. The van der Waals surface area contributed by atoms with E-state index in [-0.39, 0.29) is 5.92 Å². The van der Waals surface area contributed by atoms with Gasteiger partial charge < -0.3 is 5.11 Å². The molecular formula is C5H7BrO2. The predicted octanol–water partition coefficient (Wildman–Crippen LogP) is 1.10. The molecule has 1 aliphatic rings. The van der Waals surface area contributed by atoms with Crippen LogP contribution in [0.2, 0.25) is 0 Å². The van der Waals surface area contributed by atoms with Gasteiger partial charge in [0.25, 0.3) is 0 Å². The van der Waals surface area contributed by atoms with Crippen molar-refractivity contribution in [2.75, 3.05) is 5.33 Å². The molecule has 0 aliphatic heterocycles. The Bertz CT molecular complexity index is 113. The van der Waals surface area contributed by atoms with Gasteiger partial charge in [-0.15, -0.1) is 0 Å². The molecule has 1 N–H and O–H groups in total. The lowest BCUT2D eigenvalue weighted by molar-refractivity contribution is -0.138. The Hall–Kier alpha value is -0.0500. The van der Waals surface area contributed by atoms with Crippen LogP contribution in [0.15, 0.2) is 0 Å². The summed E-state index contributed by atoms with van der Waals surface area (Å²) in [5, 5.41) is 9.17. The summed E-state index contributed by atoms with van der Waals surface area (Å²) in [6.45, 7) is 0. The van der Waals surface area contributed by atoms with E-state index in [1.807, 2.05) is 0 Å². The molecule has 2 nitrogen and oxygen atoms in total. The van der Waals surface area contributed by atoms with Crippen LogP contribution in [0.25, 0.3) is 0 Å². The quantitative estimate of drug-likeness (QED) is 0.644. The molecule has 2 unspecified atom stereocenters. The monoisotopic (exact) mass is 178 g/mol. The maximum atomic E-state index is 10.1. The molecule has 0 spiro atoms. The molecule has 0 radical (unpaired) electrons. The van der Waals surface area contributed by atoms with Crippen LogP contribution in [0.3, 0.4) is 0 Å². The Kier molecular flexibility index (Phi) is 1.56. The van der Waals surface area contributed by atoms with E-state index >= 15 is 0 Å². The maximum absolute atomic E-state index is 10.1. The first-order chi connectivity index (χ1) is 3.75. The second-order valence-electron chi connectivity index (χ2n) is 2.09. The molecule has 0 heterocycles. The van der Waals surface area contributed by atoms with Gasteiger partial charge in [0.1, 0.15) is 0 Å². The van der Waals surface area contributed by atoms with Gasteiger partial charge in [0.05, 0.1) is 5.92 Å². The average molecular weight is 179 g/mol. The van der Waals surface area contributed by atoms with Gasteiger partial charge in [0.15, 0.2) is 0 Å². The highest BCUT2D eigenvalue weighted by molar-refractivity contribution is 9.09. The third-order valence-corrected chi connectivity index (χ3v) is 2.27. The minimum Gasteiger partial charge on any atom is -0.481 e. The third kappa shape index (κ3) is 1.02. The van der Waals surface area contributed by atoms with Gasteiger partial charge in [-0.3, -0.25) is 4.79 Å². The Morgan fingerprint density at radius 1 is 1.88 bits per heavy atom. The van der Waals surface area contributed by atoms with Crippen molar-refractivity contribution in [1.29, 1.82) is 0 Å².